The summed E-state index contributed by atoms with van der Waals surface area (Å²) < 4.78 is 1.35. The largest absolute Gasteiger partial charge is 0.368 e. The summed E-state index contributed by atoms with van der Waals surface area (Å²) in [4.78, 5) is 50.5. The van der Waals surface area contributed by atoms with Crippen LogP contribution in [-0.2, 0) is 11.3 Å². The first-order valence-electron chi connectivity index (χ1n) is 11.9. The molecule has 0 bridgehead atoms. The number of nitrogens with zero attached hydrogens (tertiary/aromatic N) is 5. The summed E-state index contributed by atoms with van der Waals surface area (Å²) in [5, 5.41) is 1.11. The summed E-state index contributed by atoms with van der Waals surface area (Å²) in [6.45, 7) is 9.49. The van der Waals surface area contributed by atoms with Crippen LogP contribution in [0, 0.1) is 6.92 Å². The fraction of sp³-hybridized carbons (Fsp3) is 0.440. The first-order valence-corrected chi connectivity index (χ1v) is 13.1. The molecule has 2 amide bonds. The highest BCUT2D eigenvalue weighted by Crippen LogP contribution is 2.29. The lowest BCUT2D eigenvalue weighted by Crippen LogP contribution is -2.48. The van der Waals surface area contributed by atoms with E-state index in [4.69, 9.17) is 11.6 Å². The second-order valence-electron chi connectivity index (χ2n) is 8.65. The van der Waals surface area contributed by atoms with Crippen LogP contribution in [0.15, 0.2) is 35.4 Å². The Bertz CT molecular complexity index is 1300. The standard InChI is InChI=1S/C25H30ClN5O3S/c1-4-9-28(5-2)20(32)15-31-16-27-23-21(24(31)33)17(3)22(35-23)25(34)30-12-10-29(11-13-30)19-8-6-7-18(26)14-19/h6-8,14,16H,4-5,9-13,15H2,1-3H3. The zero-order chi connectivity index (χ0) is 25.1. The van der Waals surface area contributed by atoms with E-state index in [1.54, 1.807) is 11.8 Å². The van der Waals surface area contributed by atoms with Gasteiger partial charge in [-0.05, 0) is 44.0 Å². The molecule has 2 aromatic heterocycles. The molecule has 1 saturated heterocycles. The summed E-state index contributed by atoms with van der Waals surface area (Å²) in [5.41, 5.74) is 1.39. The number of anilines is 1. The van der Waals surface area contributed by atoms with Gasteiger partial charge in [-0.15, -0.1) is 11.3 Å². The van der Waals surface area contributed by atoms with Crippen molar-refractivity contribution < 1.29 is 9.59 Å². The molecule has 0 aliphatic carbocycles. The highest BCUT2D eigenvalue weighted by Gasteiger charge is 2.27. The molecule has 8 nitrogen and oxygen atoms in total. The molecule has 1 aliphatic rings. The smallest absolute Gasteiger partial charge is 0.264 e. The number of aryl methyl sites for hydroxylation is 1. The topological polar surface area (TPSA) is 78.8 Å². The van der Waals surface area contributed by atoms with E-state index in [-0.39, 0.29) is 23.9 Å². The second-order valence-corrected chi connectivity index (χ2v) is 10.1. The predicted molar refractivity (Wildman–Crippen MR) is 141 cm³/mol. The maximum absolute atomic E-state index is 13.4. The van der Waals surface area contributed by atoms with Gasteiger partial charge in [0.15, 0.2) is 0 Å². The van der Waals surface area contributed by atoms with Crippen LogP contribution in [0.3, 0.4) is 0 Å². The van der Waals surface area contributed by atoms with Gasteiger partial charge in [0.2, 0.25) is 5.91 Å². The van der Waals surface area contributed by atoms with Crippen LogP contribution in [0.1, 0.15) is 35.5 Å². The molecule has 1 aromatic carbocycles. The summed E-state index contributed by atoms with van der Waals surface area (Å²) in [6, 6.07) is 7.71. The van der Waals surface area contributed by atoms with Crippen molar-refractivity contribution in [3.05, 3.63) is 56.4 Å². The van der Waals surface area contributed by atoms with Gasteiger partial charge in [0, 0.05) is 50.0 Å². The van der Waals surface area contributed by atoms with Gasteiger partial charge in [-0.2, -0.15) is 0 Å². The minimum atomic E-state index is -0.283. The van der Waals surface area contributed by atoms with Crippen LogP contribution in [0.5, 0.6) is 0 Å². The lowest BCUT2D eigenvalue weighted by Gasteiger charge is -2.36. The van der Waals surface area contributed by atoms with E-state index in [0.29, 0.717) is 64.9 Å². The molecule has 3 aromatic rings. The summed E-state index contributed by atoms with van der Waals surface area (Å²) >= 11 is 7.37. The fourth-order valence-electron chi connectivity index (χ4n) is 4.43. The van der Waals surface area contributed by atoms with Crippen LogP contribution < -0.4 is 10.5 Å². The van der Waals surface area contributed by atoms with Gasteiger partial charge >= 0.3 is 0 Å². The van der Waals surface area contributed by atoms with Gasteiger partial charge in [-0.1, -0.05) is 24.6 Å². The molecular weight excluding hydrogens is 486 g/mol. The number of hydrogen-bond donors (Lipinski definition) is 0. The average Bonchev–Trinajstić information content (AvgIpc) is 3.20. The van der Waals surface area contributed by atoms with Gasteiger partial charge in [-0.25, -0.2) is 4.98 Å². The highest BCUT2D eigenvalue weighted by atomic mass is 35.5. The molecule has 3 heterocycles. The number of halogens is 1. The number of likely N-dealkylation sites (N-methyl/N-ethyl adjacent to an activating group) is 1. The number of fused-ring (bicyclic) bond motifs is 1. The molecule has 0 atom stereocenters. The monoisotopic (exact) mass is 515 g/mol. The third kappa shape index (κ3) is 5.21. The van der Waals surface area contributed by atoms with Gasteiger partial charge in [0.25, 0.3) is 11.5 Å². The number of hydrogen-bond acceptors (Lipinski definition) is 6. The minimum Gasteiger partial charge on any atom is -0.368 e. The predicted octanol–water partition coefficient (Wildman–Crippen LogP) is 3.64. The van der Waals surface area contributed by atoms with Gasteiger partial charge < -0.3 is 14.7 Å². The maximum atomic E-state index is 13.4. The maximum Gasteiger partial charge on any atom is 0.264 e. The van der Waals surface area contributed by atoms with E-state index >= 15 is 0 Å². The second kappa shape index (κ2) is 10.8. The van der Waals surface area contributed by atoms with Gasteiger partial charge in [0.1, 0.15) is 11.4 Å². The van der Waals surface area contributed by atoms with Crippen molar-refractivity contribution in [1.29, 1.82) is 0 Å². The van der Waals surface area contributed by atoms with E-state index in [1.165, 1.54) is 22.2 Å². The van der Waals surface area contributed by atoms with Gasteiger partial charge in [0.05, 0.1) is 16.6 Å². The first-order chi connectivity index (χ1) is 16.8. The molecule has 1 aliphatic heterocycles. The van der Waals surface area contributed by atoms with Crippen molar-refractivity contribution in [3.63, 3.8) is 0 Å². The lowest BCUT2D eigenvalue weighted by molar-refractivity contribution is -0.131. The molecule has 1 fully saturated rings. The Kier molecular flexibility index (Phi) is 7.76. The third-order valence-corrected chi connectivity index (χ3v) is 7.81. The molecule has 4 rings (SSSR count). The van der Waals surface area contributed by atoms with Crippen LogP contribution in [0.25, 0.3) is 10.2 Å². The number of thiophene rings is 1. The number of aromatic nitrogens is 2. The Morgan fingerprint density at radius 2 is 1.91 bits per heavy atom. The van der Waals surface area contributed by atoms with E-state index in [1.807, 2.05) is 43.0 Å². The van der Waals surface area contributed by atoms with Crippen molar-refractivity contribution in [1.82, 2.24) is 19.4 Å². The number of piperazine rings is 1. The Morgan fingerprint density at radius 3 is 2.57 bits per heavy atom. The molecule has 0 spiro atoms. The number of carbonyl (C=O) groups is 2. The van der Waals surface area contributed by atoms with E-state index in [0.717, 1.165) is 12.1 Å². The zero-order valence-corrected chi connectivity index (χ0v) is 21.9. The summed E-state index contributed by atoms with van der Waals surface area (Å²) in [6.07, 6.45) is 2.27. The molecule has 0 unspecified atom stereocenters. The van der Waals surface area contributed by atoms with Crippen molar-refractivity contribution >= 4 is 50.7 Å². The Labute approximate surface area is 213 Å². The minimum absolute atomic E-state index is 0.0559. The van der Waals surface area contributed by atoms with Gasteiger partial charge in [-0.3, -0.25) is 19.0 Å². The van der Waals surface area contributed by atoms with Crippen LogP contribution >= 0.6 is 22.9 Å². The first kappa shape index (κ1) is 25.2. The lowest BCUT2D eigenvalue weighted by atomic mass is 10.2. The van der Waals surface area contributed by atoms with E-state index in [9.17, 15) is 14.4 Å². The summed E-state index contributed by atoms with van der Waals surface area (Å²) in [5.74, 6) is -0.197. The van der Waals surface area contributed by atoms with Crippen molar-refractivity contribution in [2.75, 3.05) is 44.2 Å². The average molecular weight is 516 g/mol. The normalized spacial score (nSPS) is 13.9. The van der Waals surface area contributed by atoms with Crippen LogP contribution in [-0.4, -0.2) is 70.4 Å². The van der Waals surface area contributed by atoms with E-state index < -0.39 is 0 Å². The Balaban J connectivity index is 1.52. The number of amides is 2. The summed E-state index contributed by atoms with van der Waals surface area (Å²) in [7, 11) is 0. The third-order valence-electron chi connectivity index (χ3n) is 6.39. The Morgan fingerprint density at radius 1 is 1.17 bits per heavy atom. The quantitative estimate of drug-likeness (QED) is 0.480. The fourth-order valence-corrected chi connectivity index (χ4v) is 5.73. The van der Waals surface area contributed by atoms with Crippen molar-refractivity contribution in [3.8, 4) is 0 Å². The molecule has 0 radical (unpaired) electrons. The van der Waals surface area contributed by atoms with Crippen molar-refractivity contribution in [2.24, 2.45) is 0 Å². The molecule has 186 valence electrons. The highest BCUT2D eigenvalue weighted by molar-refractivity contribution is 7.20. The Hall–Kier alpha value is -2.91. The molecular formula is C25H30ClN5O3S. The number of rotatable bonds is 7. The van der Waals surface area contributed by atoms with Crippen molar-refractivity contribution in [2.45, 2.75) is 33.7 Å². The number of carbonyl (C=O) groups excluding carboxylic acids is 2. The molecule has 0 N–H and O–H groups in total. The van der Waals surface area contributed by atoms with Crippen LogP contribution in [0.2, 0.25) is 5.02 Å². The molecule has 35 heavy (non-hydrogen) atoms. The van der Waals surface area contributed by atoms with E-state index in [2.05, 4.69) is 9.88 Å². The van der Waals surface area contributed by atoms with Crippen LogP contribution in [0.4, 0.5) is 5.69 Å². The molecule has 10 heteroatoms. The number of benzene rings is 1. The SMILES string of the molecule is CCCN(CC)C(=O)Cn1cnc2sc(C(=O)N3CCN(c4cccc(Cl)c4)CC3)c(C)c2c1=O. The zero-order valence-electron chi connectivity index (χ0n) is 20.3. The molecule has 0 saturated carbocycles.